The van der Waals surface area contributed by atoms with Crippen molar-refractivity contribution in [3.05, 3.63) is 42.5 Å². The van der Waals surface area contributed by atoms with Gasteiger partial charge in [0.1, 0.15) is 0 Å². The van der Waals surface area contributed by atoms with Crippen LogP contribution in [0.4, 0.5) is 0 Å². The lowest BCUT2D eigenvalue weighted by molar-refractivity contribution is 0.268. The van der Waals surface area contributed by atoms with E-state index in [2.05, 4.69) is 13.8 Å². The van der Waals surface area contributed by atoms with E-state index >= 15 is 0 Å². The number of ether oxygens (including phenoxy) is 2. The molecule has 0 atom stereocenters. The third-order valence-corrected chi connectivity index (χ3v) is 4.61. The van der Waals surface area contributed by atoms with Crippen LogP contribution in [0, 0.1) is 0 Å². The lowest BCUT2D eigenvalue weighted by Gasteiger charge is -2.14. The van der Waals surface area contributed by atoms with E-state index in [-0.39, 0.29) is 0 Å². The number of sulfone groups is 1. The van der Waals surface area contributed by atoms with E-state index in [9.17, 15) is 8.42 Å². The van der Waals surface area contributed by atoms with Crippen molar-refractivity contribution in [3.63, 3.8) is 0 Å². The molecule has 0 aliphatic carbocycles. The Morgan fingerprint density at radius 3 is 1.88 bits per heavy atom. The van der Waals surface area contributed by atoms with Gasteiger partial charge in [0.15, 0.2) is 21.3 Å². The van der Waals surface area contributed by atoms with Crippen molar-refractivity contribution in [1.29, 1.82) is 0 Å². The molecule has 4 nitrogen and oxygen atoms in total. The number of hydrogen-bond acceptors (Lipinski definition) is 4. The molecule has 0 unspecified atom stereocenters. The zero-order valence-corrected chi connectivity index (χ0v) is 15.2. The van der Waals surface area contributed by atoms with Crippen molar-refractivity contribution in [3.8, 4) is 22.6 Å². The first-order valence-electron chi connectivity index (χ1n) is 8.15. The maximum absolute atomic E-state index is 11.6. The van der Waals surface area contributed by atoms with Crippen LogP contribution in [0.5, 0.6) is 11.5 Å². The Morgan fingerprint density at radius 2 is 1.33 bits per heavy atom. The second-order valence-electron chi connectivity index (χ2n) is 5.65. The largest absolute Gasteiger partial charge is 0.490 e. The summed E-state index contributed by atoms with van der Waals surface area (Å²) in [6, 6.07) is 12.7. The van der Waals surface area contributed by atoms with E-state index < -0.39 is 9.84 Å². The molecule has 2 rings (SSSR count). The molecule has 0 heterocycles. The minimum atomic E-state index is -3.18. The van der Waals surface area contributed by atoms with Crippen molar-refractivity contribution in [2.75, 3.05) is 19.5 Å². The predicted octanol–water partition coefficient (Wildman–Crippen LogP) is 4.33. The van der Waals surface area contributed by atoms with Gasteiger partial charge in [-0.25, -0.2) is 8.42 Å². The molecule has 0 radical (unpaired) electrons. The first kappa shape index (κ1) is 18.3. The van der Waals surface area contributed by atoms with Crippen molar-refractivity contribution in [2.24, 2.45) is 0 Å². The van der Waals surface area contributed by atoms with Crippen LogP contribution in [0.3, 0.4) is 0 Å². The van der Waals surface area contributed by atoms with Crippen molar-refractivity contribution >= 4 is 9.84 Å². The van der Waals surface area contributed by atoms with Crippen LogP contribution in [-0.4, -0.2) is 27.9 Å². The highest BCUT2D eigenvalue weighted by Crippen LogP contribution is 2.33. The van der Waals surface area contributed by atoms with Gasteiger partial charge in [-0.05, 0) is 48.2 Å². The van der Waals surface area contributed by atoms with Crippen LogP contribution in [-0.2, 0) is 9.84 Å². The highest BCUT2D eigenvalue weighted by atomic mass is 32.2. The molecular formula is C19H24O4S. The number of benzene rings is 2. The quantitative estimate of drug-likeness (QED) is 0.712. The van der Waals surface area contributed by atoms with E-state index in [1.54, 1.807) is 12.1 Å². The SMILES string of the molecule is CCCOc1ccc(-c2ccc(S(C)(=O)=O)cc2)cc1OCCC. The first-order chi connectivity index (χ1) is 11.5. The number of rotatable bonds is 8. The molecule has 2 aromatic carbocycles. The molecule has 0 saturated carbocycles. The highest BCUT2D eigenvalue weighted by Gasteiger charge is 2.10. The second-order valence-corrected chi connectivity index (χ2v) is 7.67. The monoisotopic (exact) mass is 348 g/mol. The lowest BCUT2D eigenvalue weighted by Crippen LogP contribution is -2.01. The lowest BCUT2D eigenvalue weighted by atomic mass is 10.1. The molecular weight excluding hydrogens is 324 g/mol. The van der Waals surface area contributed by atoms with E-state index in [1.165, 1.54) is 6.26 Å². The standard InChI is InChI=1S/C19H24O4S/c1-4-12-22-18-11-8-16(14-19(18)23-13-5-2)15-6-9-17(10-7-15)24(3,20)21/h6-11,14H,4-5,12-13H2,1-3H3. The van der Waals surface area contributed by atoms with Crippen molar-refractivity contribution < 1.29 is 17.9 Å². The predicted molar refractivity (Wildman–Crippen MR) is 96.6 cm³/mol. The van der Waals surface area contributed by atoms with Gasteiger partial charge < -0.3 is 9.47 Å². The Labute approximate surface area is 144 Å². The third kappa shape index (κ3) is 4.74. The zero-order chi connectivity index (χ0) is 17.6. The summed E-state index contributed by atoms with van der Waals surface area (Å²) in [7, 11) is -3.18. The summed E-state index contributed by atoms with van der Waals surface area (Å²) in [5, 5.41) is 0. The number of hydrogen-bond donors (Lipinski definition) is 0. The molecule has 0 aromatic heterocycles. The topological polar surface area (TPSA) is 52.6 Å². The van der Waals surface area contributed by atoms with Gasteiger partial charge in [-0.1, -0.05) is 32.0 Å². The van der Waals surface area contributed by atoms with E-state index in [4.69, 9.17) is 9.47 Å². The second kappa shape index (κ2) is 8.20. The molecule has 2 aromatic rings. The van der Waals surface area contributed by atoms with Crippen LogP contribution >= 0.6 is 0 Å². The molecule has 0 fully saturated rings. The first-order valence-corrected chi connectivity index (χ1v) is 10.0. The molecule has 0 aliphatic heterocycles. The van der Waals surface area contributed by atoms with E-state index in [0.717, 1.165) is 35.5 Å². The average molecular weight is 348 g/mol. The molecule has 0 saturated heterocycles. The zero-order valence-electron chi connectivity index (χ0n) is 14.4. The van der Waals surface area contributed by atoms with Gasteiger partial charge in [0.25, 0.3) is 0 Å². The summed E-state index contributed by atoms with van der Waals surface area (Å²) in [5.74, 6) is 1.46. The maximum Gasteiger partial charge on any atom is 0.175 e. The summed E-state index contributed by atoms with van der Waals surface area (Å²) in [5.41, 5.74) is 1.90. The van der Waals surface area contributed by atoms with Crippen LogP contribution in [0.2, 0.25) is 0 Å². The molecule has 130 valence electrons. The molecule has 0 amide bonds. The molecule has 0 aliphatic rings. The van der Waals surface area contributed by atoms with Gasteiger partial charge in [0.05, 0.1) is 18.1 Å². The smallest absolute Gasteiger partial charge is 0.175 e. The minimum absolute atomic E-state index is 0.316. The van der Waals surface area contributed by atoms with E-state index in [1.807, 2.05) is 30.3 Å². The Hall–Kier alpha value is -2.01. The van der Waals surface area contributed by atoms with Gasteiger partial charge in [0.2, 0.25) is 0 Å². The van der Waals surface area contributed by atoms with Crippen molar-refractivity contribution in [2.45, 2.75) is 31.6 Å². The van der Waals surface area contributed by atoms with Gasteiger partial charge >= 0.3 is 0 Å². The van der Waals surface area contributed by atoms with Gasteiger partial charge in [-0.15, -0.1) is 0 Å². The highest BCUT2D eigenvalue weighted by molar-refractivity contribution is 7.90. The average Bonchev–Trinajstić information content (AvgIpc) is 2.57. The normalized spacial score (nSPS) is 11.3. The Kier molecular flexibility index (Phi) is 6.26. The molecule has 24 heavy (non-hydrogen) atoms. The summed E-state index contributed by atoms with van der Waals surface area (Å²) in [6.07, 6.45) is 3.06. The summed E-state index contributed by atoms with van der Waals surface area (Å²) in [6.45, 7) is 5.38. The Balaban J connectivity index is 2.32. The summed E-state index contributed by atoms with van der Waals surface area (Å²) >= 11 is 0. The fourth-order valence-corrected chi connectivity index (χ4v) is 2.87. The van der Waals surface area contributed by atoms with Gasteiger partial charge in [-0.3, -0.25) is 0 Å². The molecule has 5 heteroatoms. The van der Waals surface area contributed by atoms with Gasteiger partial charge in [0, 0.05) is 6.26 Å². The molecule has 0 N–H and O–H groups in total. The van der Waals surface area contributed by atoms with Crippen LogP contribution in [0.1, 0.15) is 26.7 Å². The van der Waals surface area contributed by atoms with Crippen molar-refractivity contribution in [1.82, 2.24) is 0 Å². The summed E-state index contributed by atoms with van der Waals surface area (Å²) in [4.78, 5) is 0.316. The van der Waals surface area contributed by atoms with Gasteiger partial charge in [-0.2, -0.15) is 0 Å². The third-order valence-electron chi connectivity index (χ3n) is 3.48. The van der Waals surface area contributed by atoms with Crippen LogP contribution < -0.4 is 9.47 Å². The van der Waals surface area contributed by atoms with E-state index in [0.29, 0.717) is 18.1 Å². The van der Waals surface area contributed by atoms with Crippen LogP contribution in [0.25, 0.3) is 11.1 Å². The fraction of sp³-hybridized carbons (Fsp3) is 0.368. The fourth-order valence-electron chi connectivity index (χ4n) is 2.24. The maximum atomic E-state index is 11.6. The Morgan fingerprint density at radius 1 is 0.792 bits per heavy atom. The summed E-state index contributed by atoms with van der Waals surface area (Å²) < 4.78 is 34.7. The Bertz CT molecular complexity index is 764. The minimum Gasteiger partial charge on any atom is -0.490 e. The molecule has 0 spiro atoms. The molecule has 0 bridgehead atoms. The van der Waals surface area contributed by atoms with Crippen LogP contribution in [0.15, 0.2) is 47.4 Å².